The third kappa shape index (κ3) is 2.23. The summed E-state index contributed by atoms with van der Waals surface area (Å²) < 4.78 is 44.3. The maximum atomic E-state index is 12.9. The average molecular weight is 337 g/mol. The van der Waals surface area contributed by atoms with Gasteiger partial charge in [0.25, 0.3) is 0 Å². The lowest BCUT2D eigenvalue weighted by atomic mass is 10.1. The monoisotopic (exact) mass is 337 g/mol. The number of benzene rings is 1. The number of nitrogens with two attached hydrogens (primary N) is 1. The number of hydrogen-bond acceptors (Lipinski definition) is 6. The number of furan rings is 1. The third-order valence-corrected chi connectivity index (χ3v) is 4.23. The smallest absolute Gasteiger partial charge is 0.416 e. The molecular formula is C15H14F3N5O. The fourth-order valence-electron chi connectivity index (χ4n) is 2.87. The highest BCUT2D eigenvalue weighted by Crippen LogP contribution is 2.38. The number of halogens is 3. The molecule has 0 aliphatic carbocycles. The van der Waals surface area contributed by atoms with Crippen LogP contribution in [0.1, 0.15) is 5.56 Å². The number of aromatic nitrogens is 2. The topological polar surface area (TPSA) is 80.2 Å². The van der Waals surface area contributed by atoms with Crippen LogP contribution in [-0.2, 0) is 6.18 Å². The summed E-state index contributed by atoms with van der Waals surface area (Å²) in [5.41, 5.74) is 5.90. The van der Waals surface area contributed by atoms with E-state index in [1.165, 1.54) is 6.07 Å². The second kappa shape index (κ2) is 4.97. The van der Waals surface area contributed by atoms with E-state index >= 15 is 0 Å². The number of hydrogen-bond donors (Lipinski definition) is 2. The summed E-state index contributed by atoms with van der Waals surface area (Å²) >= 11 is 0. The minimum absolute atomic E-state index is 0.0630. The van der Waals surface area contributed by atoms with Crippen molar-refractivity contribution < 1.29 is 17.6 Å². The number of nitrogens with one attached hydrogen (secondary N) is 1. The molecule has 0 atom stereocenters. The quantitative estimate of drug-likeness (QED) is 0.747. The van der Waals surface area contributed by atoms with E-state index in [9.17, 15) is 13.2 Å². The molecule has 1 aliphatic heterocycles. The zero-order valence-electron chi connectivity index (χ0n) is 12.7. The van der Waals surface area contributed by atoms with E-state index in [2.05, 4.69) is 15.3 Å². The minimum Gasteiger partial charge on any atom is -0.450 e. The summed E-state index contributed by atoms with van der Waals surface area (Å²) in [6.45, 7) is 1.43. The summed E-state index contributed by atoms with van der Waals surface area (Å²) in [5, 5.41) is 3.63. The first-order valence-corrected chi connectivity index (χ1v) is 7.36. The molecule has 6 nitrogen and oxygen atoms in total. The number of nitrogen functional groups attached to an aromatic ring is 1. The number of nitrogens with zero attached hydrogens (tertiary/aromatic N) is 3. The lowest BCUT2D eigenvalue weighted by Crippen LogP contribution is -2.57. The fraction of sp³-hybridized carbons (Fsp3) is 0.333. The van der Waals surface area contributed by atoms with Crippen molar-refractivity contribution in [3.05, 3.63) is 23.8 Å². The van der Waals surface area contributed by atoms with Gasteiger partial charge in [-0.05, 0) is 25.2 Å². The molecular weight excluding hydrogens is 323 g/mol. The predicted octanol–water partition coefficient (Wildman–Crippen LogP) is 2.38. The first kappa shape index (κ1) is 15.0. The van der Waals surface area contributed by atoms with Gasteiger partial charge in [0.05, 0.1) is 5.56 Å². The Kier molecular flexibility index (Phi) is 3.11. The third-order valence-electron chi connectivity index (χ3n) is 4.23. The van der Waals surface area contributed by atoms with Gasteiger partial charge >= 0.3 is 6.18 Å². The maximum absolute atomic E-state index is 12.9. The lowest BCUT2D eigenvalue weighted by molar-refractivity contribution is -0.137. The molecule has 1 aliphatic rings. The van der Waals surface area contributed by atoms with E-state index in [-0.39, 0.29) is 11.5 Å². The van der Waals surface area contributed by atoms with Gasteiger partial charge in [-0.3, -0.25) is 0 Å². The second-order valence-corrected chi connectivity index (χ2v) is 5.78. The molecule has 3 aromatic rings. The molecule has 9 heteroatoms. The molecule has 3 N–H and O–H groups in total. The van der Waals surface area contributed by atoms with E-state index in [1.807, 2.05) is 11.9 Å². The van der Waals surface area contributed by atoms with E-state index in [0.29, 0.717) is 41.4 Å². The molecule has 1 fully saturated rings. The predicted molar refractivity (Wildman–Crippen MR) is 83.8 cm³/mol. The summed E-state index contributed by atoms with van der Waals surface area (Å²) in [6, 6.07) is 3.67. The van der Waals surface area contributed by atoms with Gasteiger partial charge in [0.1, 0.15) is 11.1 Å². The molecule has 24 heavy (non-hydrogen) atoms. The van der Waals surface area contributed by atoms with Crippen LogP contribution in [0.2, 0.25) is 0 Å². The molecule has 0 radical (unpaired) electrons. The highest BCUT2D eigenvalue weighted by atomic mass is 19.4. The molecule has 3 heterocycles. The Morgan fingerprint density at radius 3 is 2.71 bits per heavy atom. The zero-order chi connectivity index (χ0) is 17.1. The molecule has 0 saturated carbocycles. The Bertz CT molecular complexity index is 930. The van der Waals surface area contributed by atoms with Gasteiger partial charge in [0, 0.05) is 24.5 Å². The van der Waals surface area contributed by atoms with Crippen molar-refractivity contribution in [2.45, 2.75) is 12.2 Å². The van der Waals surface area contributed by atoms with E-state index < -0.39 is 11.7 Å². The van der Waals surface area contributed by atoms with Crippen LogP contribution in [0.15, 0.2) is 22.6 Å². The largest absolute Gasteiger partial charge is 0.450 e. The van der Waals surface area contributed by atoms with Crippen molar-refractivity contribution in [3.8, 4) is 0 Å². The van der Waals surface area contributed by atoms with Crippen LogP contribution in [0.4, 0.5) is 24.9 Å². The first-order valence-electron chi connectivity index (χ1n) is 7.36. The summed E-state index contributed by atoms with van der Waals surface area (Å²) in [5.74, 6) is 0.571. The first-order chi connectivity index (χ1) is 11.4. The summed E-state index contributed by atoms with van der Waals surface area (Å²) in [4.78, 5) is 10.3. The van der Waals surface area contributed by atoms with Crippen LogP contribution < -0.4 is 16.0 Å². The number of anilines is 2. The van der Waals surface area contributed by atoms with Crippen LogP contribution in [0.25, 0.3) is 22.1 Å². The minimum atomic E-state index is -4.43. The van der Waals surface area contributed by atoms with Crippen molar-refractivity contribution in [2.75, 3.05) is 30.8 Å². The van der Waals surface area contributed by atoms with E-state index in [0.717, 1.165) is 12.1 Å². The Morgan fingerprint density at radius 2 is 2.04 bits per heavy atom. The standard InChI is InChI=1S/C15H14F3N5O/c1-20-8-5-23(6-8)13-12-11(21-14(19)22-13)9-3-2-7(15(16,17)18)4-10(9)24-12/h2-4,8,20H,5-6H2,1H3,(H2,19,21,22). The molecule has 0 bridgehead atoms. The molecule has 0 amide bonds. The van der Waals surface area contributed by atoms with E-state index in [1.54, 1.807) is 0 Å². The number of alkyl halides is 3. The van der Waals surface area contributed by atoms with Crippen LogP contribution in [-0.4, -0.2) is 36.1 Å². The van der Waals surface area contributed by atoms with Crippen LogP contribution in [0, 0.1) is 0 Å². The van der Waals surface area contributed by atoms with Gasteiger partial charge in [0.2, 0.25) is 5.95 Å². The second-order valence-electron chi connectivity index (χ2n) is 5.78. The molecule has 0 unspecified atom stereocenters. The Morgan fingerprint density at radius 1 is 1.29 bits per heavy atom. The summed E-state index contributed by atoms with van der Waals surface area (Å²) in [7, 11) is 1.87. The van der Waals surface area contributed by atoms with Crippen molar-refractivity contribution in [3.63, 3.8) is 0 Å². The highest BCUT2D eigenvalue weighted by molar-refractivity contribution is 6.06. The van der Waals surface area contributed by atoms with Crippen molar-refractivity contribution >= 4 is 33.8 Å². The highest BCUT2D eigenvalue weighted by Gasteiger charge is 2.33. The summed E-state index contributed by atoms with van der Waals surface area (Å²) in [6.07, 6.45) is -4.43. The molecule has 4 rings (SSSR count). The van der Waals surface area contributed by atoms with Crippen molar-refractivity contribution in [2.24, 2.45) is 0 Å². The molecule has 2 aromatic heterocycles. The normalized spacial score (nSPS) is 16.1. The molecule has 0 spiro atoms. The van der Waals surface area contributed by atoms with Gasteiger partial charge in [-0.25, -0.2) is 4.98 Å². The van der Waals surface area contributed by atoms with Crippen molar-refractivity contribution in [1.29, 1.82) is 0 Å². The number of rotatable bonds is 2. The maximum Gasteiger partial charge on any atom is 0.416 e. The van der Waals surface area contributed by atoms with Gasteiger partial charge in [-0.2, -0.15) is 18.2 Å². The van der Waals surface area contributed by atoms with Gasteiger partial charge < -0.3 is 20.4 Å². The van der Waals surface area contributed by atoms with E-state index in [4.69, 9.17) is 10.2 Å². The van der Waals surface area contributed by atoms with Gasteiger partial charge in [-0.15, -0.1) is 0 Å². The Hall–Kier alpha value is -2.55. The Balaban J connectivity index is 1.89. The van der Waals surface area contributed by atoms with Gasteiger partial charge in [-0.1, -0.05) is 0 Å². The zero-order valence-corrected chi connectivity index (χ0v) is 12.7. The SMILES string of the molecule is CNC1CN(c2nc(N)nc3c2oc2cc(C(F)(F)F)ccc23)C1. The van der Waals surface area contributed by atoms with Crippen LogP contribution in [0.3, 0.4) is 0 Å². The molecule has 1 aromatic carbocycles. The number of likely N-dealkylation sites (N-methyl/N-ethyl adjacent to an activating group) is 1. The number of fused-ring (bicyclic) bond motifs is 3. The Labute approximate surface area is 134 Å². The molecule has 1 saturated heterocycles. The van der Waals surface area contributed by atoms with Crippen molar-refractivity contribution in [1.82, 2.24) is 15.3 Å². The average Bonchev–Trinajstić information content (AvgIpc) is 2.83. The fourth-order valence-corrected chi connectivity index (χ4v) is 2.87. The molecule has 126 valence electrons. The van der Waals surface area contributed by atoms with Crippen LogP contribution >= 0.6 is 0 Å². The van der Waals surface area contributed by atoms with Crippen LogP contribution in [0.5, 0.6) is 0 Å². The lowest BCUT2D eigenvalue weighted by Gasteiger charge is -2.39. The van der Waals surface area contributed by atoms with Gasteiger partial charge in [0.15, 0.2) is 11.4 Å².